The molecule has 4 heteroatoms. The Morgan fingerprint density at radius 1 is 1.06 bits per heavy atom. The molecule has 0 heterocycles. The van der Waals surface area contributed by atoms with E-state index < -0.39 is 5.41 Å². The van der Waals surface area contributed by atoms with Crippen LogP contribution in [-0.2, 0) is 0 Å². The van der Waals surface area contributed by atoms with Crippen molar-refractivity contribution in [1.82, 2.24) is 0 Å². The van der Waals surface area contributed by atoms with E-state index in [4.69, 9.17) is 4.74 Å². The van der Waals surface area contributed by atoms with Crippen LogP contribution in [0, 0.1) is 19.3 Å². The number of benzene rings is 1. The summed E-state index contributed by atoms with van der Waals surface area (Å²) >= 11 is 0. The molecule has 0 unspecified atom stereocenters. The predicted molar refractivity (Wildman–Crippen MR) is 65.1 cm³/mol. The first-order chi connectivity index (χ1) is 8.08. The zero-order valence-electron chi connectivity index (χ0n) is 10.3. The molecule has 0 spiro atoms. The number of hydrogen-bond donors (Lipinski definition) is 3. The molecule has 3 N–H and O–H groups in total. The van der Waals surface area contributed by atoms with Crippen LogP contribution in [-0.4, -0.2) is 41.7 Å². The third-order valence-corrected chi connectivity index (χ3v) is 3.10. The van der Waals surface area contributed by atoms with Crippen LogP contribution in [0.15, 0.2) is 18.2 Å². The van der Waals surface area contributed by atoms with Crippen molar-refractivity contribution in [3.63, 3.8) is 0 Å². The summed E-state index contributed by atoms with van der Waals surface area (Å²) < 4.78 is 5.58. The van der Waals surface area contributed by atoms with Crippen LogP contribution in [0.5, 0.6) is 5.75 Å². The van der Waals surface area contributed by atoms with E-state index in [0.717, 1.165) is 11.1 Å². The summed E-state index contributed by atoms with van der Waals surface area (Å²) in [7, 11) is 0. The lowest BCUT2D eigenvalue weighted by atomic mass is 9.92. The van der Waals surface area contributed by atoms with Gasteiger partial charge in [-0.15, -0.1) is 0 Å². The normalized spacial score (nSPS) is 11.6. The molecule has 0 amide bonds. The SMILES string of the molecule is Cc1cccc(OCC(CO)(CO)CO)c1C. The van der Waals surface area contributed by atoms with E-state index in [9.17, 15) is 15.3 Å². The zero-order valence-corrected chi connectivity index (χ0v) is 10.3. The molecule has 0 atom stereocenters. The Labute approximate surface area is 101 Å². The average Bonchev–Trinajstić information content (AvgIpc) is 2.36. The number of aliphatic hydroxyl groups excluding tert-OH is 3. The van der Waals surface area contributed by atoms with Crippen molar-refractivity contribution < 1.29 is 20.1 Å². The minimum absolute atomic E-state index is 0.0841. The summed E-state index contributed by atoms with van der Waals surface area (Å²) in [6.07, 6.45) is 0. The van der Waals surface area contributed by atoms with Crippen LogP contribution in [0.1, 0.15) is 11.1 Å². The Kier molecular flexibility index (Phi) is 4.93. The number of aryl methyl sites for hydroxylation is 1. The van der Waals surface area contributed by atoms with Gasteiger partial charge in [-0.05, 0) is 31.0 Å². The molecule has 96 valence electrons. The van der Waals surface area contributed by atoms with E-state index in [1.54, 1.807) is 0 Å². The van der Waals surface area contributed by atoms with Gasteiger partial charge in [0.05, 0.1) is 25.2 Å². The lowest BCUT2D eigenvalue weighted by Gasteiger charge is -2.27. The van der Waals surface area contributed by atoms with Crippen LogP contribution in [0.4, 0.5) is 0 Å². The molecule has 0 aliphatic carbocycles. The monoisotopic (exact) mass is 240 g/mol. The maximum absolute atomic E-state index is 9.18. The summed E-state index contributed by atoms with van der Waals surface area (Å²) in [5.74, 6) is 0.713. The molecule has 0 bridgehead atoms. The number of ether oxygens (including phenoxy) is 1. The van der Waals surface area contributed by atoms with Gasteiger partial charge in [0.1, 0.15) is 12.4 Å². The van der Waals surface area contributed by atoms with E-state index >= 15 is 0 Å². The molecule has 0 aliphatic heterocycles. The van der Waals surface area contributed by atoms with Crippen LogP contribution >= 0.6 is 0 Å². The highest BCUT2D eigenvalue weighted by atomic mass is 16.5. The fourth-order valence-electron chi connectivity index (χ4n) is 1.40. The van der Waals surface area contributed by atoms with Gasteiger partial charge in [-0.1, -0.05) is 12.1 Å². The maximum atomic E-state index is 9.18. The molecule has 1 aromatic carbocycles. The molecule has 17 heavy (non-hydrogen) atoms. The van der Waals surface area contributed by atoms with E-state index in [0.29, 0.717) is 5.75 Å². The van der Waals surface area contributed by atoms with Crippen molar-refractivity contribution in [2.45, 2.75) is 13.8 Å². The molecule has 0 aliphatic rings. The molecule has 0 saturated carbocycles. The molecule has 4 nitrogen and oxygen atoms in total. The maximum Gasteiger partial charge on any atom is 0.122 e. The van der Waals surface area contributed by atoms with Crippen molar-refractivity contribution in [3.8, 4) is 5.75 Å². The van der Waals surface area contributed by atoms with Gasteiger partial charge in [0.2, 0.25) is 0 Å². The summed E-state index contributed by atoms with van der Waals surface area (Å²) in [5.41, 5.74) is 1.15. The Morgan fingerprint density at radius 2 is 1.65 bits per heavy atom. The van der Waals surface area contributed by atoms with Crippen molar-refractivity contribution in [1.29, 1.82) is 0 Å². The molecular weight excluding hydrogens is 220 g/mol. The first-order valence-corrected chi connectivity index (χ1v) is 5.60. The summed E-state index contributed by atoms with van der Waals surface area (Å²) in [6, 6.07) is 5.70. The Balaban J connectivity index is 2.75. The molecule has 0 fully saturated rings. The molecule has 0 saturated heterocycles. The Bertz CT molecular complexity index is 350. The highest BCUT2D eigenvalue weighted by Gasteiger charge is 2.29. The Hall–Kier alpha value is -1.10. The average molecular weight is 240 g/mol. The third kappa shape index (κ3) is 3.19. The Morgan fingerprint density at radius 3 is 2.18 bits per heavy atom. The molecule has 1 aromatic rings. The van der Waals surface area contributed by atoms with Crippen LogP contribution in [0.25, 0.3) is 0 Å². The third-order valence-electron chi connectivity index (χ3n) is 3.10. The van der Waals surface area contributed by atoms with Gasteiger partial charge in [0, 0.05) is 0 Å². The predicted octanol–water partition coefficient (Wildman–Crippen LogP) is 0.646. The zero-order chi connectivity index (χ0) is 12.9. The fraction of sp³-hybridized carbons (Fsp3) is 0.538. The van der Waals surface area contributed by atoms with Gasteiger partial charge in [-0.3, -0.25) is 0 Å². The quantitative estimate of drug-likeness (QED) is 0.682. The van der Waals surface area contributed by atoms with Crippen LogP contribution < -0.4 is 4.74 Å². The van der Waals surface area contributed by atoms with Gasteiger partial charge in [0.15, 0.2) is 0 Å². The lowest BCUT2D eigenvalue weighted by molar-refractivity contribution is -0.0260. The van der Waals surface area contributed by atoms with Crippen molar-refractivity contribution >= 4 is 0 Å². The van der Waals surface area contributed by atoms with Crippen LogP contribution in [0.2, 0.25) is 0 Å². The molecule has 1 rings (SSSR count). The van der Waals surface area contributed by atoms with Crippen molar-refractivity contribution in [2.24, 2.45) is 5.41 Å². The molecule has 0 radical (unpaired) electrons. The van der Waals surface area contributed by atoms with E-state index in [2.05, 4.69) is 0 Å². The largest absolute Gasteiger partial charge is 0.492 e. The van der Waals surface area contributed by atoms with Gasteiger partial charge < -0.3 is 20.1 Å². The van der Waals surface area contributed by atoms with Gasteiger partial charge in [-0.2, -0.15) is 0 Å². The second kappa shape index (κ2) is 6.00. The second-order valence-corrected chi connectivity index (χ2v) is 4.46. The van der Waals surface area contributed by atoms with E-state index in [1.807, 2.05) is 32.0 Å². The highest BCUT2D eigenvalue weighted by molar-refractivity contribution is 5.38. The second-order valence-electron chi connectivity index (χ2n) is 4.46. The minimum atomic E-state index is -0.990. The van der Waals surface area contributed by atoms with Crippen molar-refractivity contribution in [3.05, 3.63) is 29.3 Å². The number of rotatable bonds is 6. The highest BCUT2D eigenvalue weighted by Crippen LogP contribution is 2.23. The van der Waals surface area contributed by atoms with Gasteiger partial charge in [-0.25, -0.2) is 0 Å². The molecular formula is C13H20O4. The smallest absolute Gasteiger partial charge is 0.122 e. The minimum Gasteiger partial charge on any atom is -0.492 e. The number of hydrogen-bond acceptors (Lipinski definition) is 4. The summed E-state index contributed by atoms with van der Waals surface area (Å²) in [5, 5.41) is 27.5. The van der Waals surface area contributed by atoms with E-state index in [-0.39, 0.29) is 26.4 Å². The standard InChI is InChI=1S/C13H20O4/c1-10-4-3-5-12(11(10)2)17-9-13(6-14,7-15)8-16/h3-5,14-16H,6-9H2,1-2H3. The topological polar surface area (TPSA) is 69.9 Å². The fourth-order valence-corrected chi connectivity index (χ4v) is 1.40. The summed E-state index contributed by atoms with van der Waals surface area (Å²) in [6.45, 7) is 3.07. The van der Waals surface area contributed by atoms with Gasteiger partial charge >= 0.3 is 0 Å². The van der Waals surface area contributed by atoms with Crippen molar-refractivity contribution in [2.75, 3.05) is 26.4 Å². The first-order valence-electron chi connectivity index (χ1n) is 5.60. The first kappa shape index (κ1) is 14.0. The van der Waals surface area contributed by atoms with Gasteiger partial charge in [0.25, 0.3) is 0 Å². The van der Waals surface area contributed by atoms with Crippen LogP contribution in [0.3, 0.4) is 0 Å². The molecule has 0 aromatic heterocycles. The lowest BCUT2D eigenvalue weighted by Crippen LogP contribution is -2.39. The summed E-state index contributed by atoms with van der Waals surface area (Å²) in [4.78, 5) is 0. The number of aliphatic hydroxyl groups is 3. The van der Waals surface area contributed by atoms with E-state index in [1.165, 1.54) is 0 Å².